The molecule has 3 rings (SSSR count). The van der Waals surface area contributed by atoms with Crippen LogP contribution in [0.4, 0.5) is 4.39 Å². The van der Waals surface area contributed by atoms with Crippen LogP contribution >= 0.6 is 0 Å². The molecule has 138 valence electrons. The Hall–Kier alpha value is -3.55. The SMILES string of the molecule is Cc1ccccc1C(CC(=O)O)NC(=O)c1nc(-c2ccccc2F)no1. The highest BCUT2D eigenvalue weighted by Gasteiger charge is 2.24. The number of aryl methyl sites for hydroxylation is 1. The molecule has 7 nitrogen and oxygen atoms in total. The lowest BCUT2D eigenvalue weighted by Gasteiger charge is -2.18. The summed E-state index contributed by atoms with van der Waals surface area (Å²) in [5, 5.41) is 15.4. The number of aliphatic carboxylic acids is 1. The molecular weight excluding hydrogens is 353 g/mol. The van der Waals surface area contributed by atoms with Gasteiger partial charge in [-0.25, -0.2) is 4.39 Å². The summed E-state index contributed by atoms with van der Waals surface area (Å²) in [6.45, 7) is 1.82. The maximum absolute atomic E-state index is 13.8. The summed E-state index contributed by atoms with van der Waals surface area (Å²) >= 11 is 0. The van der Waals surface area contributed by atoms with E-state index in [1.165, 1.54) is 18.2 Å². The van der Waals surface area contributed by atoms with E-state index in [0.29, 0.717) is 5.56 Å². The molecule has 0 aliphatic rings. The van der Waals surface area contributed by atoms with Crippen LogP contribution in [0.15, 0.2) is 53.1 Å². The van der Waals surface area contributed by atoms with E-state index in [4.69, 9.17) is 9.63 Å². The number of nitrogens with one attached hydrogen (secondary N) is 1. The molecule has 1 atom stereocenters. The summed E-state index contributed by atoms with van der Waals surface area (Å²) in [5.74, 6) is -2.80. The molecule has 1 heterocycles. The number of carboxylic acid groups (broad SMARTS) is 1. The van der Waals surface area contributed by atoms with Gasteiger partial charge in [0.15, 0.2) is 0 Å². The highest BCUT2D eigenvalue weighted by atomic mass is 19.1. The lowest BCUT2D eigenvalue weighted by Crippen LogP contribution is -2.30. The lowest BCUT2D eigenvalue weighted by atomic mass is 9.99. The number of rotatable bonds is 6. The first-order chi connectivity index (χ1) is 13.0. The molecule has 2 aromatic carbocycles. The monoisotopic (exact) mass is 369 g/mol. The Bertz CT molecular complexity index is 986. The van der Waals surface area contributed by atoms with Crippen LogP contribution in [0.25, 0.3) is 11.4 Å². The average molecular weight is 369 g/mol. The van der Waals surface area contributed by atoms with Gasteiger partial charge in [0, 0.05) is 0 Å². The Balaban J connectivity index is 1.83. The van der Waals surface area contributed by atoms with Crippen molar-refractivity contribution < 1.29 is 23.6 Å². The fourth-order valence-corrected chi connectivity index (χ4v) is 2.68. The Labute approximate surface area is 153 Å². The molecular formula is C19H16FN3O4. The van der Waals surface area contributed by atoms with Crippen molar-refractivity contribution in [2.45, 2.75) is 19.4 Å². The summed E-state index contributed by atoms with van der Waals surface area (Å²) in [6.07, 6.45) is -0.315. The molecule has 1 amide bonds. The van der Waals surface area contributed by atoms with E-state index in [1.54, 1.807) is 18.2 Å². The van der Waals surface area contributed by atoms with Crippen LogP contribution < -0.4 is 5.32 Å². The first-order valence-corrected chi connectivity index (χ1v) is 8.12. The van der Waals surface area contributed by atoms with Gasteiger partial charge in [-0.3, -0.25) is 9.59 Å². The number of amides is 1. The molecule has 8 heteroatoms. The van der Waals surface area contributed by atoms with E-state index < -0.39 is 23.7 Å². The number of hydrogen-bond acceptors (Lipinski definition) is 5. The van der Waals surface area contributed by atoms with Crippen LogP contribution in [0.3, 0.4) is 0 Å². The van der Waals surface area contributed by atoms with E-state index in [-0.39, 0.29) is 23.7 Å². The number of hydrogen-bond donors (Lipinski definition) is 2. The van der Waals surface area contributed by atoms with Crippen LogP contribution in [0, 0.1) is 12.7 Å². The van der Waals surface area contributed by atoms with Crippen LogP contribution in [0.5, 0.6) is 0 Å². The van der Waals surface area contributed by atoms with E-state index in [9.17, 15) is 14.0 Å². The molecule has 1 aromatic heterocycles. The Kier molecular flexibility index (Phi) is 5.25. The van der Waals surface area contributed by atoms with Crippen molar-refractivity contribution in [3.8, 4) is 11.4 Å². The third-order valence-corrected chi connectivity index (χ3v) is 3.98. The zero-order valence-electron chi connectivity index (χ0n) is 14.3. The number of aromatic nitrogens is 2. The van der Waals surface area contributed by atoms with E-state index in [2.05, 4.69) is 15.5 Å². The highest BCUT2D eigenvalue weighted by molar-refractivity contribution is 5.90. The standard InChI is InChI=1S/C19H16FN3O4/c1-11-6-2-3-7-12(11)15(10-16(24)25)21-18(26)19-22-17(23-27-19)13-8-4-5-9-14(13)20/h2-9,15H,10H2,1H3,(H,21,26)(H,24,25). The van der Waals surface area contributed by atoms with Gasteiger partial charge in [-0.05, 0) is 30.2 Å². The van der Waals surface area contributed by atoms with Crippen molar-refractivity contribution in [3.63, 3.8) is 0 Å². The highest BCUT2D eigenvalue weighted by Crippen LogP contribution is 2.22. The molecule has 0 saturated heterocycles. The van der Waals surface area contributed by atoms with Crippen molar-refractivity contribution in [3.05, 3.63) is 71.4 Å². The summed E-state index contributed by atoms with van der Waals surface area (Å²) in [4.78, 5) is 27.6. The molecule has 0 radical (unpaired) electrons. The number of nitrogens with zero attached hydrogens (tertiary/aromatic N) is 2. The third kappa shape index (κ3) is 4.17. The zero-order chi connectivity index (χ0) is 19.4. The predicted octanol–water partition coefficient (Wildman–Crippen LogP) is 3.13. The summed E-state index contributed by atoms with van der Waals surface area (Å²) in [6, 6.07) is 12.2. The average Bonchev–Trinajstić information content (AvgIpc) is 3.11. The van der Waals surface area contributed by atoms with E-state index in [0.717, 1.165) is 5.56 Å². The van der Waals surface area contributed by atoms with Crippen LogP contribution in [-0.2, 0) is 4.79 Å². The second-order valence-electron chi connectivity index (χ2n) is 5.88. The Morgan fingerprint density at radius 1 is 1.19 bits per heavy atom. The minimum atomic E-state index is -1.07. The van der Waals surface area contributed by atoms with Crippen molar-refractivity contribution in [2.24, 2.45) is 0 Å². The van der Waals surface area contributed by atoms with Gasteiger partial charge < -0.3 is 14.9 Å². The molecule has 27 heavy (non-hydrogen) atoms. The van der Waals surface area contributed by atoms with Gasteiger partial charge in [0.1, 0.15) is 5.82 Å². The molecule has 0 aliphatic heterocycles. The Morgan fingerprint density at radius 3 is 2.59 bits per heavy atom. The lowest BCUT2D eigenvalue weighted by molar-refractivity contribution is -0.137. The normalized spacial score (nSPS) is 11.8. The number of carbonyl (C=O) groups is 2. The number of carbonyl (C=O) groups excluding carboxylic acids is 1. The number of benzene rings is 2. The molecule has 0 spiro atoms. The largest absolute Gasteiger partial charge is 0.481 e. The minimum absolute atomic E-state index is 0.0658. The second-order valence-corrected chi connectivity index (χ2v) is 5.88. The smallest absolute Gasteiger partial charge is 0.316 e. The summed E-state index contributed by atoms with van der Waals surface area (Å²) in [5.41, 5.74) is 1.60. The van der Waals surface area contributed by atoms with E-state index in [1.807, 2.05) is 19.1 Å². The maximum Gasteiger partial charge on any atom is 0.316 e. The first kappa shape index (κ1) is 18.2. The van der Waals surface area contributed by atoms with Gasteiger partial charge in [-0.2, -0.15) is 4.98 Å². The molecule has 2 N–H and O–H groups in total. The number of carboxylic acids is 1. The molecule has 0 bridgehead atoms. The fraction of sp³-hybridized carbons (Fsp3) is 0.158. The van der Waals surface area contributed by atoms with Crippen LogP contribution in [0.1, 0.15) is 34.3 Å². The van der Waals surface area contributed by atoms with E-state index >= 15 is 0 Å². The predicted molar refractivity (Wildman–Crippen MR) is 93.3 cm³/mol. The van der Waals surface area contributed by atoms with Gasteiger partial charge >= 0.3 is 17.8 Å². The fourth-order valence-electron chi connectivity index (χ4n) is 2.68. The van der Waals surface area contributed by atoms with Gasteiger partial charge in [0.2, 0.25) is 5.82 Å². The van der Waals surface area contributed by atoms with Crippen LogP contribution in [0.2, 0.25) is 0 Å². The Morgan fingerprint density at radius 2 is 1.89 bits per heavy atom. The van der Waals surface area contributed by atoms with Crippen molar-refractivity contribution in [2.75, 3.05) is 0 Å². The molecule has 0 saturated carbocycles. The molecule has 1 unspecified atom stereocenters. The van der Waals surface area contributed by atoms with Gasteiger partial charge in [0.05, 0.1) is 18.0 Å². The minimum Gasteiger partial charge on any atom is -0.481 e. The van der Waals surface area contributed by atoms with Crippen molar-refractivity contribution >= 4 is 11.9 Å². The first-order valence-electron chi connectivity index (χ1n) is 8.12. The summed E-state index contributed by atoms with van der Waals surface area (Å²) < 4.78 is 18.7. The summed E-state index contributed by atoms with van der Waals surface area (Å²) in [7, 11) is 0. The number of halogens is 1. The molecule has 3 aromatic rings. The van der Waals surface area contributed by atoms with Gasteiger partial charge in [-0.1, -0.05) is 41.6 Å². The van der Waals surface area contributed by atoms with Gasteiger partial charge in [0.25, 0.3) is 0 Å². The maximum atomic E-state index is 13.8. The third-order valence-electron chi connectivity index (χ3n) is 3.98. The van der Waals surface area contributed by atoms with Crippen molar-refractivity contribution in [1.82, 2.24) is 15.5 Å². The zero-order valence-corrected chi connectivity index (χ0v) is 14.3. The molecule has 0 fully saturated rings. The topological polar surface area (TPSA) is 105 Å². The second kappa shape index (κ2) is 7.77. The van der Waals surface area contributed by atoms with Gasteiger partial charge in [-0.15, -0.1) is 0 Å². The van der Waals surface area contributed by atoms with Crippen LogP contribution in [-0.4, -0.2) is 27.1 Å². The quantitative estimate of drug-likeness (QED) is 0.692. The van der Waals surface area contributed by atoms with Crippen molar-refractivity contribution in [1.29, 1.82) is 0 Å². The molecule has 0 aliphatic carbocycles.